The van der Waals surface area contributed by atoms with Crippen molar-refractivity contribution >= 4 is 53.1 Å². The molecular weight excluding hydrogens is 511 g/mol. The van der Waals surface area contributed by atoms with Crippen LogP contribution in [0.15, 0.2) is 53.5 Å². The third-order valence-corrected chi connectivity index (χ3v) is 6.46. The van der Waals surface area contributed by atoms with Crippen molar-refractivity contribution < 1.29 is 4.79 Å². The smallest absolute Gasteiger partial charge is 0.225 e. The highest BCUT2D eigenvalue weighted by atomic mass is 127. The number of hydrogen-bond acceptors (Lipinski definition) is 2. The van der Waals surface area contributed by atoms with E-state index in [0.29, 0.717) is 13.0 Å². The molecule has 2 aromatic rings. The molecule has 1 aliphatic carbocycles. The number of fused-ring (bicyclic) bond motifs is 1. The van der Waals surface area contributed by atoms with Crippen LogP contribution in [0.4, 0.5) is 5.69 Å². The number of anilines is 1. The fourth-order valence-electron chi connectivity index (χ4n) is 4.35. The molecule has 1 amide bonds. The van der Waals surface area contributed by atoms with Gasteiger partial charge in [0.1, 0.15) is 0 Å². The first-order valence-electron chi connectivity index (χ1n) is 10.2. The molecule has 1 heterocycles. The molecule has 2 aromatic carbocycles. The maximum absolute atomic E-state index is 12.0. The number of carbonyl (C=O) groups is 1. The Morgan fingerprint density at radius 3 is 2.57 bits per heavy atom. The predicted molar refractivity (Wildman–Crippen MR) is 134 cm³/mol. The minimum atomic E-state index is 0. The van der Waals surface area contributed by atoms with E-state index in [1.165, 1.54) is 17.5 Å². The lowest BCUT2D eigenvalue weighted by Gasteiger charge is -2.43. The van der Waals surface area contributed by atoms with E-state index in [9.17, 15) is 4.79 Å². The second kappa shape index (κ2) is 10.0. The van der Waals surface area contributed by atoms with Crippen molar-refractivity contribution in [2.75, 3.05) is 25.5 Å². The van der Waals surface area contributed by atoms with Gasteiger partial charge in [0.2, 0.25) is 5.91 Å². The number of nitrogens with one attached hydrogen (secondary N) is 3. The molecule has 0 aromatic heterocycles. The van der Waals surface area contributed by atoms with E-state index in [-0.39, 0.29) is 41.2 Å². The van der Waals surface area contributed by atoms with Crippen LogP contribution in [0.25, 0.3) is 0 Å². The SMILES string of the molecule is CN=C(NCC1CC(=O)Nc2ccccc21)NCC1(c2ccc(Cl)cc2)CCC1.I. The monoisotopic (exact) mass is 538 g/mol. The van der Waals surface area contributed by atoms with Gasteiger partial charge in [-0.2, -0.15) is 0 Å². The van der Waals surface area contributed by atoms with Crippen LogP contribution in [0.5, 0.6) is 0 Å². The zero-order valence-corrected chi connectivity index (χ0v) is 20.2. The third-order valence-electron chi connectivity index (χ3n) is 6.21. The van der Waals surface area contributed by atoms with Crippen LogP contribution in [0.1, 0.15) is 42.7 Å². The van der Waals surface area contributed by atoms with E-state index >= 15 is 0 Å². The lowest BCUT2D eigenvalue weighted by molar-refractivity contribution is -0.116. The molecule has 7 heteroatoms. The van der Waals surface area contributed by atoms with E-state index in [1.807, 2.05) is 30.3 Å². The van der Waals surface area contributed by atoms with Crippen LogP contribution < -0.4 is 16.0 Å². The number of nitrogens with zero attached hydrogens (tertiary/aromatic N) is 1. The summed E-state index contributed by atoms with van der Waals surface area (Å²) in [5.41, 5.74) is 3.55. The predicted octanol–water partition coefficient (Wildman–Crippen LogP) is 4.67. The summed E-state index contributed by atoms with van der Waals surface area (Å²) in [4.78, 5) is 16.4. The van der Waals surface area contributed by atoms with Crippen molar-refractivity contribution in [2.24, 2.45) is 4.99 Å². The van der Waals surface area contributed by atoms with E-state index < -0.39 is 0 Å². The van der Waals surface area contributed by atoms with Crippen LogP contribution in [-0.2, 0) is 10.2 Å². The number of amides is 1. The van der Waals surface area contributed by atoms with E-state index in [0.717, 1.165) is 36.1 Å². The van der Waals surface area contributed by atoms with Crippen molar-refractivity contribution in [1.29, 1.82) is 0 Å². The summed E-state index contributed by atoms with van der Waals surface area (Å²) in [6, 6.07) is 16.2. The van der Waals surface area contributed by atoms with Crippen molar-refractivity contribution in [3.05, 3.63) is 64.7 Å². The number of halogens is 2. The van der Waals surface area contributed by atoms with Gasteiger partial charge in [0, 0.05) is 48.6 Å². The van der Waals surface area contributed by atoms with Gasteiger partial charge >= 0.3 is 0 Å². The normalized spacial score (nSPS) is 19.6. The molecule has 5 nitrogen and oxygen atoms in total. The van der Waals surface area contributed by atoms with Gasteiger partial charge in [0.15, 0.2) is 5.96 Å². The van der Waals surface area contributed by atoms with Crippen LogP contribution >= 0.6 is 35.6 Å². The molecule has 1 aliphatic heterocycles. The van der Waals surface area contributed by atoms with Gasteiger partial charge in [0.05, 0.1) is 0 Å². The van der Waals surface area contributed by atoms with Gasteiger partial charge < -0.3 is 16.0 Å². The lowest BCUT2D eigenvalue weighted by atomic mass is 9.64. The lowest BCUT2D eigenvalue weighted by Crippen LogP contribution is -2.49. The standard InChI is InChI=1S/C23H27ClN4O.HI/c1-25-22(26-14-16-13-21(29)28-20-6-3-2-5-19(16)20)27-15-23(11-4-12-23)17-7-9-18(24)10-8-17;/h2-3,5-10,16H,4,11-15H2,1H3,(H,28,29)(H2,25,26,27);1H. The Labute approximate surface area is 200 Å². The van der Waals surface area contributed by atoms with Crippen LogP contribution in [0, 0.1) is 0 Å². The molecule has 30 heavy (non-hydrogen) atoms. The summed E-state index contributed by atoms with van der Waals surface area (Å²) >= 11 is 6.06. The average Bonchev–Trinajstić information content (AvgIpc) is 2.70. The highest BCUT2D eigenvalue weighted by molar-refractivity contribution is 14.0. The average molecular weight is 539 g/mol. The second-order valence-electron chi connectivity index (χ2n) is 7.98. The Morgan fingerprint density at radius 1 is 1.17 bits per heavy atom. The first-order chi connectivity index (χ1) is 14.1. The molecule has 160 valence electrons. The summed E-state index contributed by atoms with van der Waals surface area (Å²) in [7, 11) is 1.78. The van der Waals surface area contributed by atoms with E-state index in [2.05, 4.69) is 39.1 Å². The van der Waals surface area contributed by atoms with E-state index in [1.54, 1.807) is 7.05 Å². The third kappa shape index (κ3) is 4.91. The largest absolute Gasteiger partial charge is 0.356 e. The molecule has 1 atom stereocenters. The Balaban J connectivity index is 0.00000256. The number of aliphatic imine (C=N–C) groups is 1. The van der Waals surface area contributed by atoms with Gasteiger partial charge in [-0.1, -0.05) is 48.4 Å². The van der Waals surface area contributed by atoms with Crippen LogP contribution in [-0.4, -0.2) is 32.0 Å². The summed E-state index contributed by atoms with van der Waals surface area (Å²) < 4.78 is 0. The quantitative estimate of drug-likeness (QED) is 0.294. The molecule has 2 aliphatic rings. The van der Waals surface area contributed by atoms with Crippen LogP contribution in [0.2, 0.25) is 5.02 Å². The van der Waals surface area contributed by atoms with Crippen molar-refractivity contribution in [3.63, 3.8) is 0 Å². The fourth-order valence-corrected chi connectivity index (χ4v) is 4.48. The fraction of sp³-hybridized carbons (Fsp3) is 0.391. The highest BCUT2D eigenvalue weighted by Gasteiger charge is 2.38. The number of benzene rings is 2. The number of carbonyl (C=O) groups excluding carboxylic acids is 1. The molecule has 1 saturated carbocycles. The summed E-state index contributed by atoms with van der Waals surface area (Å²) in [5.74, 6) is 0.968. The highest BCUT2D eigenvalue weighted by Crippen LogP contribution is 2.43. The zero-order chi connectivity index (χ0) is 20.3. The summed E-state index contributed by atoms with van der Waals surface area (Å²) in [6.07, 6.45) is 4.05. The first-order valence-corrected chi connectivity index (χ1v) is 10.6. The number of guanidine groups is 1. The molecule has 1 unspecified atom stereocenters. The van der Waals surface area contributed by atoms with Crippen molar-refractivity contribution in [1.82, 2.24) is 10.6 Å². The minimum Gasteiger partial charge on any atom is -0.356 e. The maximum atomic E-state index is 12.0. The molecule has 4 rings (SSSR count). The number of hydrogen-bond donors (Lipinski definition) is 3. The molecule has 0 spiro atoms. The minimum absolute atomic E-state index is 0. The summed E-state index contributed by atoms with van der Waals surface area (Å²) in [6.45, 7) is 1.49. The van der Waals surface area contributed by atoms with Crippen LogP contribution in [0.3, 0.4) is 0 Å². The Morgan fingerprint density at radius 2 is 1.90 bits per heavy atom. The first kappa shape index (κ1) is 22.9. The summed E-state index contributed by atoms with van der Waals surface area (Å²) in [5, 5.41) is 10.6. The van der Waals surface area contributed by atoms with Crippen molar-refractivity contribution in [3.8, 4) is 0 Å². The number of para-hydroxylation sites is 1. The Hall–Kier alpha value is -1.80. The molecule has 1 fully saturated rings. The van der Waals surface area contributed by atoms with Gasteiger partial charge in [0.25, 0.3) is 0 Å². The zero-order valence-electron chi connectivity index (χ0n) is 17.1. The van der Waals surface area contributed by atoms with E-state index in [4.69, 9.17) is 11.6 Å². The molecular formula is C23H28ClIN4O. The maximum Gasteiger partial charge on any atom is 0.225 e. The Kier molecular flexibility index (Phi) is 7.63. The molecule has 0 radical (unpaired) electrons. The van der Waals surface area contributed by atoms with Gasteiger partial charge in [-0.05, 0) is 42.2 Å². The second-order valence-corrected chi connectivity index (χ2v) is 8.42. The topological polar surface area (TPSA) is 65.5 Å². The molecule has 3 N–H and O–H groups in total. The van der Waals surface area contributed by atoms with Crippen molar-refractivity contribution in [2.45, 2.75) is 37.0 Å². The molecule has 0 bridgehead atoms. The number of rotatable bonds is 5. The van der Waals surface area contributed by atoms with Gasteiger partial charge in [-0.3, -0.25) is 9.79 Å². The Bertz CT molecular complexity index is 912. The van der Waals surface area contributed by atoms with Gasteiger partial charge in [-0.25, -0.2) is 0 Å². The molecule has 0 saturated heterocycles. The van der Waals surface area contributed by atoms with Gasteiger partial charge in [-0.15, -0.1) is 24.0 Å².